The van der Waals surface area contributed by atoms with Gasteiger partial charge in [-0.3, -0.25) is 5.10 Å². The van der Waals surface area contributed by atoms with Crippen LogP contribution in [-0.2, 0) is 6.54 Å². The third-order valence-electron chi connectivity index (χ3n) is 3.45. The molecule has 0 radical (unpaired) electrons. The van der Waals surface area contributed by atoms with E-state index in [1.54, 1.807) is 6.20 Å². The van der Waals surface area contributed by atoms with E-state index in [9.17, 15) is 0 Å². The Hall–Kier alpha value is -0.830. The zero-order valence-corrected chi connectivity index (χ0v) is 9.88. The predicted molar refractivity (Wildman–Crippen MR) is 61.4 cm³/mol. The summed E-state index contributed by atoms with van der Waals surface area (Å²) in [6.07, 6.45) is 4.41. The van der Waals surface area contributed by atoms with Crippen molar-refractivity contribution in [1.29, 1.82) is 0 Å². The van der Waals surface area contributed by atoms with Gasteiger partial charge in [0, 0.05) is 24.5 Å². The summed E-state index contributed by atoms with van der Waals surface area (Å²) in [7, 11) is 0. The Kier molecular flexibility index (Phi) is 2.83. The molecule has 15 heavy (non-hydrogen) atoms. The van der Waals surface area contributed by atoms with Crippen molar-refractivity contribution < 1.29 is 0 Å². The molecule has 1 aromatic heterocycles. The summed E-state index contributed by atoms with van der Waals surface area (Å²) in [6, 6.07) is 2.68. The number of aromatic nitrogens is 2. The molecule has 3 heteroatoms. The molecule has 1 aromatic rings. The van der Waals surface area contributed by atoms with Crippen LogP contribution in [0.5, 0.6) is 0 Å². The first-order chi connectivity index (χ1) is 7.07. The fourth-order valence-electron chi connectivity index (χ4n) is 2.79. The first-order valence-electron chi connectivity index (χ1n) is 5.78. The molecule has 2 rings (SSSR count). The topological polar surface area (TPSA) is 40.7 Å². The molecule has 0 amide bonds. The molecule has 1 fully saturated rings. The summed E-state index contributed by atoms with van der Waals surface area (Å²) < 4.78 is 0. The van der Waals surface area contributed by atoms with Crippen molar-refractivity contribution in [2.75, 3.05) is 0 Å². The van der Waals surface area contributed by atoms with Crippen molar-refractivity contribution in [2.45, 2.75) is 46.2 Å². The molecule has 1 saturated carbocycles. The molecule has 1 aliphatic rings. The number of aromatic amines is 1. The van der Waals surface area contributed by atoms with E-state index in [2.05, 4.69) is 36.3 Å². The smallest absolute Gasteiger partial charge is 0.0490 e. The van der Waals surface area contributed by atoms with E-state index < -0.39 is 0 Å². The fraction of sp³-hybridized carbons (Fsp3) is 0.750. The highest BCUT2D eigenvalue weighted by molar-refractivity contribution is 4.99. The van der Waals surface area contributed by atoms with Gasteiger partial charge in [0.15, 0.2) is 0 Å². The van der Waals surface area contributed by atoms with E-state index in [1.807, 2.05) is 6.07 Å². The quantitative estimate of drug-likeness (QED) is 0.798. The fourth-order valence-corrected chi connectivity index (χ4v) is 2.79. The summed E-state index contributed by atoms with van der Waals surface area (Å²) >= 11 is 0. The number of nitrogens with one attached hydrogen (secondary N) is 2. The maximum Gasteiger partial charge on any atom is 0.0490 e. The third-order valence-corrected chi connectivity index (χ3v) is 3.45. The van der Waals surface area contributed by atoms with Crippen molar-refractivity contribution in [2.24, 2.45) is 11.3 Å². The Morgan fingerprint density at radius 2 is 2.33 bits per heavy atom. The van der Waals surface area contributed by atoms with Gasteiger partial charge in [-0.15, -0.1) is 0 Å². The molecule has 2 N–H and O–H groups in total. The van der Waals surface area contributed by atoms with Crippen molar-refractivity contribution in [1.82, 2.24) is 15.5 Å². The monoisotopic (exact) mass is 207 g/mol. The highest BCUT2D eigenvalue weighted by Crippen LogP contribution is 2.40. The second-order valence-corrected chi connectivity index (χ2v) is 5.62. The minimum absolute atomic E-state index is 0.505. The van der Waals surface area contributed by atoms with Crippen LogP contribution in [0.3, 0.4) is 0 Å². The molecule has 84 valence electrons. The number of rotatable bonds is 3. The highest BCUT2D eigenvalue weighted by Gasteiger charge is 2.36. The summed E-state index contributed by atoms with van der Waals surface area (Å²) in [5, 5.41) is 10.6. The van der Waals surface area contributed by atoms with E-state index in [4.69, 9.17) is 0 Å². The second-order valence-electron chi connectivity index (χ2n) is 5.62. The highest BCUT2D eigenvalue weighted by atomic mass is 15.1. The molecule has 1 heterocycles. The zero-order valence-electron chi connectivity index (χ0n) is 9.88. The van der Waals surface area contributed by atoms with Crippen LogP contribution in [0.15, 0.2) is 12.3 Å². The molecule has 0 spiro atoms. The Morgan fingerprint density at radius 3 is 2.87 bits per heavy atom. The molecule has 3 nitrogen and oxygen atoms in total. The van der Waals surface area contributed by atoms with E-state index in [-0.39, 0.29) is 0 Å². The average molecular weight is 207 g/mol. The lowest BCUT2D eigenvalue weighted by molar-refractivity contribution is 0.362. The lowest BCUT2D eigenvalue weighted by Gasteiger charge is -2.18. The summed E-state index contributed by atoms with van der Waals surface area (Å²) in [5.74, 6) is 0.780. The summed E-state index contributed by atoms with van der Waals surface area (Å²) in [4.78, 5) is 0. The van der Waals surface area contributed by atoms with Gasteiger partial charge < -0.3 is 5.32 Å². The van der Waals surface area contributed by atoms with Gasteiger partial charge in [-0.25, -0.2) is 0 Å². The molecule has 0 saturated heterocycles. The predicted octanol–water partition coefficient (Wildman–Crippen LogP) is 2.32. The van der Waals surface area contributed by atoms with E-state index in [0.717, 1.165) is 12.5 Å². The van der Waals surface area contributed by atoms with Gasteiger partial charge in [-0.2, -0.15) is 5.10 Å². The van der Waals surface area contributed by atoms with Gasteiger partial charge in [-0.05, 0) is 30.2 Å². The van der Waals surface area contributed by atoms with Gasteiger partial charge in [0.25, 0.3) is 0 Å². The number of hydrogen-bond donors (Lipinski definition) is 2. The van der Waals surface area contributed by atoms with Crippen LogP contribution in [0.2, 0.25) is 0 Å². The minimum atomic E-state index is 0.505. The van der Waals surface area contributed by atoms with E-state index >= 15 is 0 Å². The average Bonchev–Trinajstić information content (AvgIpc) is 2.70. The van der Waals surface area contributed by atoms with Crippen LogP contribution in [0.25, 0.3) is 0 Å². The number of nitrogens with zero attached hydrogens (tertiary/aromatic N) is 1. The normalized spacial score (nSPS) is 29.5. The van der Waals surface area contributed by atoms with Crippen LogP contribution in [-0.4, -0.2) is 16.2 Å². The molecule has 0 bridgehead atoms. The molecular weight excluding hydrogens is 186 g/mol. The first-order valence-corrected chi connectivity index (χ1v) is 5.78. The van der Waals surface area contributed by atoms with Crippen molar-refractivity contribution in [3.63, 3.8) is 0 Å². The maximum atomic E-state index is 3.95. The Morgan fingerprint density at radius 1 is 1.53 bits per heavy atom. The van der Waals surface area contributed by atoms with Gasteiger partial charge >= 0.3 is 0 Å². The van der Waals surface area contributed by atoms with Gasteiger partial charge in [-0.1, -0.05) is 20.8 Å². The summed E-state index contributed by atoms with van der Waals surface area (Å²) in [6.45, 7) is 7.98. The zero-order chi connectivity index (χ0) is 10.9. The SMILES string of the molecule is C[C@@H]1CC(C)(C)C[C@@H]1NCc1ccn[nH]1. The van der Waals surface area contributed by atoms with Crippen LogP contribution in [0.1, 0.15) is 39.3 Å². The van der Waals surface area contributed by atoms with E-state index in [0.29, 0.717) is 11.5 Å². The lowest BCUT2D eigenvalue weighted by Crippen LogP contribution is -2.31. The lowest BCUT2D eigenvalue weighted by atomic mass is 9.91. The largest absolute Gasteiger partial charge is 0.308 e. The Labute approximate surface area is 91.7 Å². The molecule has 2 atom stereocenters. The van der Waals surface area contributed by atoms with Crippen LogP contribution in [0.4, 0.5) is 0 Å². The third kappa shape index (κ3) is 2.59. The first kappa shape index (κ1) is 10.7. The standard InChI is InChI=1S/C12H21N3/c1-9-6-12(2,3)7-11(9)13-8-10-4-5-14-15-10/h4-5,9,11,13H,6-8H2,1-3H3,(H,14,15)/t9-,11+/m1/s1. The molecule has 0 aliphatic heterocycles. The van der Waals surface area contributed by atoms with Crippen LogP contribution >= 0.6 is 0 Å². The Balaban J connectivity index is 1.85. The maximum absolute atomic E-state index is 3.95. The molecule has 0 aromatic carbocycles. The van der Waals surface area contributed by atoms with Crippen LogP contribution in [0, 0.1) is 11.3 Å². The Bertz CT molecular complexity index is 303. The van der Waals surface area contributed by atoms with Gasteiger partial charge in [0.05, 0.1) is 0 Å². The van der Waals surface area contributed by atoms with Crippen molar-refractivity contribution in [3.8, 4) is 0 Å². The number of hydrogen-bond acceptors (Lipinski definition) is 2. The van der Waals surface area contributed by atoms with Crippen molar-refractivity contribution in [3.05, 3.63) is 18.0 Å². The minimum Gasteiger partial charge on any atom is -0.308 e. The van der Waals surface area contributed by atoms with Gasteiger partial charge in [0.1, 0.15) is 0 Å². The molecular formula is C12H21N3. The molecule has 0 unspecified atom stereocenters. The molecule has 1 aliphatic carbocycles. The second kappa shape index (κ2) is 3.97. The summed E-state index contributed by atoms with van der Waals surface area (Å²) in [5.41, 5.74) is 1.68. The van der Waals surface area contributed by atoms with Crippen molar-refractivity contribution >= 4 is 0 Å². The van der Waals surface area contributed by atoms with Gasteiger partial charge in [0.2, 0.25) is 0 Å². The van der Waals surface area contributed by atoms with E-state index in [1.165, 1.54) is 18.5 Å². The van der Waals surface area contributed by atoms with Crippen LogP contribution < -0.4 is 5.32 Å². The number of H-pyrrole nitrogens is 1.